The molecule has 0 N–H and O–H groups in total. The van der Waals surface area contributed by atoms with Gasteiger partial charge >= 0.3 is 0 Å². The average Bonchev–Trinajstić information content (AvgIpc) is 3.37. The zero-order chi connectivity index (χ0) is 24.1. The zero-order valence-electron chi connectivity index (χ0n) is 17.8. The highest BCUT2D eigenvalue weighted by molar-refractivity contribution is 7.10. The van der Waals surface area contributed by atoms with Crippen LogP contribution in [0.3, 0.4) is 0 Å². The molecule has 4 aromatic rings. The number of rotatable bonds is 6. The van der Waals surface area contributed by atoms with Crippen molar-refractivity contribution in [2.24, 2.45) is 0 Å². The lowest BCUT2D eigenvalue weighted by Crippen LogP contribution is -2.30. The third-order valence-electron chi connectivity index (χ3n) is 5.52. The molecule has 0 aliphatic carbocycles. The number of aromatic nitrogens is 1. The minimum atomic E-state index is -0.943. The van der Waals surface area contributed by atoms with Gasteiger partial charge in [0.15, 0.2) is 0 Å². The molecule has 0 fully saturated rings. The van der Waals surface area contributed by atoms with Crippen molar-refractivity contribution in [1.29, 1.82) is 15.8 Å². The van der Waals surface area contributed by atoms with Gasteiger partial charge in [-0.1, -0.05) is 53.5 Å². The molecular weight excluding hydrogens is 483 g/mol. The van der Waals surface area contributed by atoms with E-state index in [1.807, 2.05) is 35.7 Å². The molecule has 4 nitrogen and oxygen atoms in total. The largest absolute Gasteiger partial charge is 0.239 e. The summed E-state index contributed by atoms with van der Waals surface area (Å²) in [5.74, 6) is 0. The van der Waals surface area contributed by atoms with E-state index in [0.717, 1.165) is 22.4 Å². The topological polar surface area (TPSA) is 84.3 Å². The third kappa shape index (κ3) is 4.96. The van der Waals surface area contributed by atoms with E-state index in [4.69, 9.17) is 38.7 Å². The SMILES string of the molecule is N#Cc1ccc(CC(C#N)(Cc2ccc(C#N)cc2)c2nc(-c3ccc(Cl)c(Cl)c3)cs2)cc1. The first-order valence-electron chi connectivity index (χ1n) is 10.3. The normalized spacial score (nSPS) is 10.8. The second kappa shape index (κ2) is 10.1. The summed E-state index contributed by atoms with van der Waals surface area (Å²) in [7, 11) is 0. The maximum absolute atomic E-state index is 10.5. The summed E-state index contributed by atoms with van der Waals surface area (Å²) in [4.78, 5) is 4.84. The van der Waals surface area contributed by atoms with Crippen LogP contribution in [0.5, 0.6) is 0 Å². The van der Waals surface area contributed by atoms with E-state index < -0.39 is 5.41 Å². The van der Waals surface area contributed by atoms with Crippen LogP contribution in [-0.4, -0.2) is 4.98 Å². The highest BCUT2D eigenvalue weighted by atomic mass is 35.5. The monoisotopic (exact) mass is 498 g/mol. The van der Waals surface area contributed by atoms with Gasteiger partial charge in [0, 0.05) is 10.9 Å². The van der Waals surface area contributed by atoms with Crippen LogP contribution in [0, 0.1) is 34.0 Å². The van der Waals surface area contributed by atoms with Gasteiger partial charge in [0.1, 0.15) is 10.4 Å². The van der Waals surface area contributed by atoms with Gasteiger partial charge in [0.25, 0.3) is 0 Å². The van der Waals surface area contributed by atoms with Crippen LogP contribution < -0.4 is 0 Å². The van der Waals surface area contributed by atoms with Crippen LogP contribution in [0.25, 0.3) is 11.3 Å². The maximum atomic E-state index is 10.5. The molecule has 34 heavy (non-hydrogen) atoms. The summed E-state index contributed by atoms with van der Waals surface area (Å²) >= 11 is 13.7. The standard InChI is InChI=1S/C27H16Cl2N4S/c28-23-10-9-22(11-24(23)29)25-16-34-26(33-25)27(17-32,12-18-1-5-20(14-30)6-2-18)13-19-3-7-21(15-31)8-4-19/h1-11,16H,12-13H2. The molecule has 0 aliphatic heterocycles. The molecule has 0 unspecified atom stereocenters. The number of nitriles is 3. The van der Waals surface area contributed by atoms with Crippen molar-refractivity contribution < 1.29 is 0 Å². The summed E-state index contributed by atoms with van der Waals surface area (Å²) in [6.45, 7) is 0. The van der Waals surface area contributed by atoms with Crippen molar-refractivity contribution in [2.45, 2.75) is 18.3 Å². The van der Waals surface area contributed by atoms with E-state index in [1.165, 1.54) is 11.3 Å². The lowest BCUT2D eigenvalue weighted by atomic mass is 9.78. The Bertz CT molecular complexity index is 1390. The quantitative estimate of drug-likeness (QED) is 0.283. The van der Waals surface area contributed by atoms with Crippen molar-refractivity contribution in [3.05, 3.63) is 109 Å². The van der Waals surface area contributed by atoms with Gasteiger partial charge in [-0.2, -0.15) is 15.8 Å². The van der Waals surface area contributed by atoms with E-state index >= 15 is 0 Å². The van der Waals surface area contributed by atoms with E-state index in [0.29, 0.717) is 39.0 Å². The molecule has 0 radical (unpaired) electrons. The molecule has 1 aromatic heterocycles. The van der Waals surface area contributed by atoms with Crippen molar-refractivity contribution in [3.63, 3.8) is 0 Å². The van der Waals surface area contributed by atoms with Gasteiger partial charge in [-0.05, 0) is 60.4 Å². The molecule has 3 aromatic carbocycles. The summed E-state index contributed by atoms with van der Waals surface area (Å²) in [6, 6.07) is 26.6. The highest BCUT2D eigenvalue weighted by Crippen LogP contribution is 2.37. The maximum Gasteiger partial charge on any atom is 0.117 e. The second-order valence-electron chi connectivity index (χ2n) is 7.83. The molecule has 0 saturated heterocycles. The van der Waals surface area contributed by atoms with Crippen LogP contribution in [0.15, 0.2) is 72.1 Å². The molecule has 0 spiro atoms. The minimum absolute atomic E-state index is 0.420. The van der Waals surface area contributed by atoms with E-state index in [9.17, 15) is 5.26 Å². The number of benzene rings is 3. The van der Waals surface area contributed by atoms with Crippen molar-refractivity contribution in [1.82, 2.24) is 4.98 Å². The summed E-state index contributed by atoms with van der Waals surface area (Å²) in [5, 5.41) is 32.2. The summed E-state index contributed by atoms with van der Waals surface area (Å²) < 4.78 is 0. The lowest BCUT2D eigenvalue weighted by Gasteiger charge is -2.25. The average molecular weight is 499 g/mol. The fourth-order valence-corrected chi connectivity index (χ4v) is 4.99. The molecule has 4 rings (SSSR count). The molecule has 1 heterocycles. The lowest BCUT2D eigenvalue weighted by molar-refractivity contribution is 0.538. The molecule has 164 valence electrons. The van der Waals surface area contributed by atoms with Crippen LogP contribution in [0.4, 0.5) is 0 Å². The van der Waals surface area contributed by atoms with Gasteiger partial charge < -0.3 is 0 Å². The Labute approximate surface area is 211 Å². The van der Waals surface area contributed by atoms with Crippen LogP contribution in [-0.2, 0) is 18.3 Å². The minimum Gasteiger partial charge on any atom is -0.239 e. The molecule has 0 amide bonds. The van der Waals surface area contributed by atoms with Crippen LogP contribution in [0.1, 0.15) is 27.3 Å². The molecule has 0 atom stereocenters. The number of halogens is 2. The first-order valence-corrected chi connectivity index (χ1v) is 11.9. The Morgan fingerprint density at radius 1 is 0.765 bits per heavy atom. The number of nitrogens with zero attached hydrogens (tertiary/aromatic N) is 4. The van der Waals surface area contributed by atoms with E-state index in [-0.39, 0.29) is 0 Å². The fourth-order valence-electron chi connectivity index (χ4n) is 3.71. The first kappa shape index (κ1) is 23.5. The van der Waals surface area contributed by atoms with Crippen molar-refractivity contribution in [2.75, 3.05) is 0 Å². The molecular formula is C27H16Cl2N4S. The Hall–Kier alpha value is -3.66. The summed E-state index contributed by atoms with van der Waals surface area (Å²) in [5.41, 5.74) is 3.59. The van der Waals surface area contributed by atoms with Crippen LogP contribution in [0.2, 0.25) is 10.0 Å². The van der Waals surface area contributed by atoms with Gasteiger partial charge in [-0.15, -0.1) is 11.3 Å². The zero-order valence-corrected chi connectivity index (χ0v) is 20.1. The van der Waals surface area contributed by atoms with Gasteiger partial charge in [-0.25, -0.2) is 4.98 Å². The van der Waals surface area contributed by atoms with E-state index in [1.54, 1.807) is 36.4 Å². The fraction of sp³-hybridized carbons (Fsp3) is 0.111. The Kier molecular flexibility index (Phi) is 6.97. The Morgan fingerprint density at radius 3 is 1.79 bits per heavy atom. The number of hydrogen-bond acceptors (Lipinski definition) is 5. The van der Waals surface area contributed by atoms with Crippen molar-refractivity contribution >= 4 is 34.5 Å². The second-order valence-corrected chi connectivity index (χ2v) is 9.50. The third-order valence-corrected chi connectivity index (χ3v) is 7.31. The molecule has 7 heteroatoms. The Morgan fingerprint density at radius 2 is 1.32 bits per heavy atom. The van der Waals surface area contributed by atoms with Crippen molar-refractivity contribution in [3.8, 4) is 29.5 Å². The van der Waals surface area contributed by atoms with E-state index in [2.05, 4.69) is 18.2 Å². The molecule has 0 aliphatic rings. The predicted octanol–water partition coefficient (Wildman–Crippen LogP) is 7.11. The highest BCUT2D eigenvalue weighted by Gasteiger charge is 2.36. The van der Waals surface area contributed by atoms with Gasteiger partial charge in [0.05, 0.1) is 45.1 Å². The molecule has 0 bridgehead atoms. The summed E-state index contributed by atoms with van der Waals surface area (Å²) in [6.07, 6.45) is 0.840. The number of thiazole rings is 1. The van der Waals surface area contributed by atoms with Crippen LogP contribution >= 0.6 is 34.5 Å². The Balaban J connectivity index is 1.76. The smallest absolute Gasteiger partial charge is 0.117 e. The number of hydrogen-bond donors (Lipinski definition) is 0. The first-order chi connectivity index (χ1) is 16.5. The van der Waals surface area contributed by atoms with Gasteiger partial charge in [0.2, 0.25) is 0 Å². The molecule has 0 saturated carbocycles. The van der Waals surface area contributed by atoms with Gasteiger partial charge in [-0.3, -0.25) is 0 Å². The predicted molar refractivity (Wildman–Crippen MR) is 135 cm³/mol.